The molecule has 1 heterocycles. The molecule has 0 aliphatic carbocycles. The first-order chi connectivity index (χ1) is 24.6. The maximum absolute atomic E-state index is 10.7. The van der Waals surface area contributed by atoms with Gasteiger partial charge in [-0.3, -0.25) is 4.99 Å². The minimum Gasteiger partial charge on any atom is -0.507 e. The average molecular weight is 685 g/mol. The van der Waals surface area contributed by atoms with Crippen molar-refractivity contribution in [2.75, 3.05) is 0 Å². The molecule has 0 unspecified atom stereocenters. The van der Waals surface area contributed by atoms with Crippen molar-refractivity contribution in [3.63, 3.8) is 0 Å². The van der Waals surface area contributed by atoms with Crippen molar-refractivity contribution in [1.29, 1.82) is 0 Å². The second-order valence-electron chi connectivity index (χ2n) is 17.0. The third kappa shape index (κ3) is 6.90. The van der Waals surface area contributed by atoms with E-state index in [0.29, 0.717) is 22.7 Å². The number of phenolic OH excluding ortho intramolecular Hbond substituents is 1. The van der Waals surface area contributed by atoms with Gasteiger partial charge in [0.05, 0.1) is 11.3 Å². The van der Waals surface area contributed by atoms with Gasteiger partial charge in [-0.25, -0.2) is 4.98 Å². The molecule has 1 aromatic heterocycles. The second-order valence-corrected chi connectivity index (χ2v) is 17.0. The Hall–Kier alpha value is -5.48. The van der Waals surface area contributed by atoms with Crippen LogP contribution in [-0.4, -0.2) is 16.3 Å². The minimum atomic E-state index is -0.0601. The third-order valence-corrected chi connectivity index (χ3v) is 9.94. The summed E-state index contributed by atoms with van der Waals surface area (Å²) in [5.74, 6) is 0.682. The van der Waals surface area contributed by atoms with Crippen molar-refractivity contribution in [3.05, 3.63) is 138 Å². The molecule has 0 saturated carbocycles. The van der Waals surface area contributed by atoms with Crippen molar-refractivity contribution < 1.29 is 9.52 Å². The van der Waals surface area contributed by atoms with Crippen molar-refractivity contribution >= 4 is 33.8 Å². The lowest BCUT2D eigenvalue weighted by Crippen LogP contribution is -2.16. The first-order valence-corrected chi connectivity index (χ1v) is 18.1. The zero-order valence-electron chi connectivity index (χ0n) is 31.8. The van der Waals surface area contributed by atoms with E-state index < -0.39 is 0 Å². The third-order valence-electron chi connectivity index (χ3n) is 9.94. The first kappa shape index (κ1) is 34.9. The van der Waals surface area contributed by atoms with Crippen molar-refractivity contribution in [1.82, 2.24) is 4.98 Å². The molecule has 7 rings (SSSR count). The Morgan fingerprint density at radius 2 is 1.19 bits per heavy atom. The van der Waals surface area contributed by atoms with E-state index in [-0.39, 0.29) is 22.0 Å². The number of para-hydroxylation sites is 1. The summed E-state index contributed by atoms with van der Waals surface area (Å²) in [5.41, 5.74) is 11.6. The predicted octanol–water partition coefficient (Wildman–Crippen LogP) is 13.3. The Kier molecular flexibility index (Phi) is 8.69. The van der Waals surface area contributed by atoms with Gasteiger partial charge in [-0.05, 0) is 96.8 Å². The summed E-state index contributed by atoms with van der Waals surface area (Å²) in [6.07, 6.45) is 1.72. The monoisotopic (exact) mass is 684 g/mol. The SMILES string of the molecule is CC(C)(C)c1cc(-c2cc(-c3cccc4ccccc34)c3nc(-c4ccccc4N=Cc4cc(C(C)(C)C)ccc4O)oc3c2)cc(C(C)(C)C)c1. The van der Waals surface area contributed by atoms with E-state index in [0.717, 1.165) is 44.3 Å². The number of aliphatic imine (C=N–C) groups is 1. The molecule has 0 bridgehead atoms. The highest BCUT2D eigenvalue weighted by atomic mass is 16.3. The van der Waals surface area contributed by atoms with E-state index in [9.17, 15) is 5.11 Å². The molecule has 0 atom stereocenters. The number of hydrogen-bond donors (Lipinski definition) is 1. The molecule has 0 radical (unpaired) electrons. The Morgan fingerprint density at radius 3 is 1.90 bits per heavy atom. The Balaban J connectivity index is 1.43. The molecule has 4 heteroatoms. The molecule has 0 aliphatic rings. The molecular formula is C48H48N2O2. The lowest BCUT2D eigenvalue weighted by molar-refractivity contribution is 0.473. The molecule has 1 N–H and O–H groups in total. The summed E-state index contributed by atoms with van der Waals surface area (Å²) >= 11 is 0. The molecule has 0 saturated heterocycles. The number of rotatable bonds is 5. The quantitative estimate of drug-likeness (QED) is 0.184. The van der Waals surface area contributed by atoms with Crippen molar-refractivity contribution in [2.24, 2.45) is 4.99 Å². The zero-order valence-corrected chi connectivity index (χ0v) is 31.8. The normalized spacial score (nSPS) is 12.7. The highest BCUT2D eigenvalue weighted by Crippen LogP contribution is 2.42. The summed E-state index contributed by atoms with van der Waals surface area (Å²) in [5, 5.41) is 13.0. The maximum atomic E-state index is 10.7. The van der Waals surface area contributed by atoms with Crippen LogP contribution in [0.1, 0.15) is 84.6 Å². The second kappa shape index (κ2) is 12.9. The van der Waals surface area contributed by atoms with Crippen LogP contribution in [0.15, 0.2) is 125 Å². The Bertz CT molecular complexity index is 2440. The molecule has 52 heavy (non-hydrogen) atoms. The maximum Gasteiger partial charge on any atom is 0.229 e. The predicted molar refractivity (Wildman–Crippen MR) is 219 cm³/mol. The van der Waals surface area contributed by atoms with Crippen LogP contribution in [0, 0.1) is 0 Å². The summed E-state index contributed by atoms with van der Waals surface area (Å²) < 4.78 is 6.73. The number of benzene rings is 6. The summed E-state index contributed by atoms with van der Waals surface area (Å²) in [6, 6.07) is 39.9. The van der Waals surface area contributed by atoms with Gasteiger partial charge in [0.25, 0.3) is 0 Å². The Morgan fingerprint density at radius 1 is 0.577 bits per heavy atom. The van der Waals surface area contributed by atoms with Gasteiger partial charge < -0.3 is 9.52 Å². The van der Waals surface area contributed by atoms with Crippen LogP contribution >= 0.6 is 0 Å². The number of hydrogen-bond acceptors (Lipinski definition) is 4. The highest BCUT2D eigenvalue weighted by Gasteiger charge is 2.23. The van der Waals surface area contributed by atoms with E-state index in [1.165, 1.54) is 16.5 Å². The van der Waals surface area contributed by atoms with E-state index in [4.69, 9.17) is 14.4 Å². The lowest BCUT2D eigenvalue weighted by atomic mass is 9.78. The number of aromatic hydroxyl groups is 1. The number of phenols is 1. The summed E-state index contributed by atoms with van der Waals surface area (Å²) in [7, 11) is 0. The Labute approximate surface area is 307 Å². The van der Waals surface area contributed by atoms with Crippen LogP contribution in [0.3, 0.4) is 0 Å². The fraction of sp³-hybridized carbons (Fsp3) is 0.250. The van der Waals surface area contributed by atoms with Gasteiger partial charge in [0.1, 0.15) is 11.3 Å². The van der Waals surface area contributed by atoms with Crippen LogP contribution in [0.25, 0.3) is 55.6 Å². The highest BCUT2D eigenvalue weighted by molar-refractivity contribution is 6.05. The van der Waals surface area contributed by atoms with Gasteiger partial charge in [0, 0.05) is 17.3 Å². The molecule has 0 spiro atoms. The topological polar surface area (TPSA) is 58.6 Å². The molecule has 7 aromatic rings. The molecular weight excluding hydrogens is 637 g/mol. The smallest absolute Gasteiger partial charge is 0.229 e. The lowest BCUT2D eigenvalue weighted by Gasteiger charge is -2.26. The summed E-state index contributed by atoms with van der Waals surface area (Å²) in [4.78, 5) is 10.1. The fourth-order valence-electron chi connectivity index (χ4n) is 6.67. The number of aromatic nitrogens is 1. The molecule has 0 amide bonds. The van der Waals surface area contributed by atoms with Gasteiger partial charge in [0.2, 0.25) is 5.89 Å². The molecule has 262 valence electrons. The van der Waals surface area contributed by atoms with Gasteiger partial charge in [0.15, 0.2) is 5.58 Å². The molecule has 0 aliphatic heterocycles. The standard InChI is InChI=1S/C48H48N2O2/c1-46(2,3)34-21-22-42(51)33(25-34)29-49-41-20-13-12-18-39(41)45-50-44-40(38-19-14-16-30-15-10-11-17-37(30)38)26-32(27-43(44)52-45)31-23-35(47(4,5)6)28-36(24-31)48(7,8)9/h10-29,51H,1-9H3. The van der Waals surface area contributed by atoms with Crippen molar-refractivity contribution in [2.45, 2.75) is 78.6 Å². The van der Waals surface area contributed by atoms with Crippen LogP contribution in [-0.2, 0) is 16.2 Å². The summed E-state index contributed by atoms with van der Waals surface area (Å²) in [6.45, 7) is 20.1. The van der Waals surface area contributed by atoms with Gasteiger partial charge in [-0.2, -0.15) is 0 Å². The largest absolute Gasteiger partial charge is 0.507 e. The number of oxazole rings is 1. The number of fused-ring (bicyclic) bond motifs is 2. The average Bonchev–Trinajstić information content (AvgIpc) is 3.53. The van der Waals surface area contributed by atoms with E-state index in [1.54, 1.807) is 12.3 Å². The van der Waals surface area contributed by atoms with Crippen LogP contribution < -0.4 is 0 Å². The van der Waals surface area contributed by atoms with Crippen LogP contribution in [0.4, 0.5) is 5.69 Å². The van der Waals surface area contributed by atoms with Crippen LogP contribution in [0.2, 0.25) is 0 Å². The number of nitrogens with zero attached hydrogens (tertiary/aromatic N) is 2. The van der Waals surface area contributed by atoms with E-state index in [1.807, 2.05) is 36.4 Å². The molecule has 0 fully saturated rings. The van der Waals surface area contributed by atoms with E-state index >= 15 is 0 Å². The molecule has 4 nitrogen and oxygen atoms in total. The van der Waals surface area contributed by atoms with Gasteiger partial charge >= 0.3 is 0 Å². The fourth-order valence-corrected chi connectivity index (χ4v) is 6.67. The molecule has 6 aromatic carbocycles. The van der Waals surface area contributed by atoms with Gasteiger partial charge in [-0.15, -0.1) is 0 Å². The van der Waals surface area contributed by atoms with Gasteiger partial charge in [-0.1, -0.05) is 141 Å². The zero-order chi connectivity index (χ0) is 37.0. The van der Waals surface area contributed by atoms with Crippen molar-refractivity contribution in [3.8, 4) is 39.5 Å². The van der Waals surface area contributed by atoms with Crippen LogP contribution in [0.5, 0.6) is 5.75 Å². The van der Waals surface area contributed by atoms with E-state index in [2.05, 4.69) is 135 Å². The first-order valence-electron chi connectivity index (χ1n) is 18.1. The minimum absolute atomic E-state index is 0.0208.